The van der Waals surface area contributed by atoms with Crippen LogP contribution < -0.4 is 4.74 Å². The van der Waals surface area contributed by atoms with Gasteiger partial charge in [-0.2, -0.15) is 0 Å². The van der Waals surface area contributed by atoms with Gasteiger partial charge in [0.25, 0.3) is 0 Å². The summed E-state index contributed by atoms with van der Waals surface area (Å²) in [5, 5.41) is 0. The molecule has 0 saturated heterocycles. The quantitative estimate of drug-likeness (QED) is 0.553. The first-order chi connectivity index (χ1) is 10.5. The Hall–Kier alpha value is -0.980. The largest absolute Gasteiger partial charge is 0.488 e. The van der Waals surface area contributed by atoms with Crippen molar-refractivity contribution in [1.82, 2.24) is 0 Å². The second-order valence-corrected chi connectivity index (χ2v) is 7.75. The summed E-state index contributed by atoms with van der Waals surface area (Å²) in [7, 11) is 0. The van der Waals surface area contributed by atoms with Gasteiger partial charge in [-0.3, -0.25) is 0 Å². The fourth-order valence-corrected chi connectivity index (χ4v) is 3.93. The van der Waals surface area contributed by atoms with E-state index >= 15 is 0 Å². The van der Waals surface area contributed by atoms with E-state index < -0.39 is 0 Å². The molecule has 1 nitrogen and oxygen atoms in total. The lowest BCUT2D eigenvalue weighted by Crippen LogP contribution is -2.36. The Morgan fingerprint density at radius 2 is 1.82 bits per heavy atom. The highest BCUT2D eigenvalue weighted by molar-refractivity contribution is 5.29. The molecular weight excluding hydrogens is 268 g/mol. The van der Waals surface area contributed by atoms with Gasteiger partial charge in [0.05, 0.1) is 0 Å². The number of ether oxygens (including phenoxy) is 1. The Kier molecular flexibility index (Phi) is 5.94. The van der Waals surface area contributed by atoms with Gasteiger partial charge in [-0.15, -0.1) is 0 Å². The topological polar surface area (TPSA) is 9.23 Å². The van der Waals surface area contributed by atoms with E-state index in [0.29, 0.717) is 11.8 Å². The first-order valence-electron chi connectivity index (χ1n) is 9.25. The average Bonchev–Trinajstić information content (AvgIpc) is 2.98. The van der Waals surface area contributed by atoms with E-state index in [1.165, 1.54) is 44.1 Å². The molecule has 1 saturated carbocycles. The lowest BCUT2D eigenvalue weighted by molar-refractivity contribution is 0.0445. The van der Waals surface area contributed by atoms with Gasteiger partial charge >= 0.3 is 0 Å². The van der Waals surface area contributed by atoms with E-state index in [-0.39, 0.29) is 5.60 Å². The lowest BCUT2D eigenvalue weighted by Gasteiger charge is -2.33. The zero-order chi connectivity index (χ0) is 16.2. The molecule has 1 fully saturated rings. The van der Waals surface area contributed by atoms with Crippen molar-refractivity contribution in [2.45, 2.75) is 84.7 Å². The van der Waals surface area contributed by atoms with Crippen molar-refractivity contribution >= 4 is 0 Å². The predicted octanol–water partition coefficient (Wildman–Crippen LogP) is 6.57. The fraction of sp³-hybridized carbons (Fsp3) is 0.714. The summed E-state index contributed by atoms with van der Waals surface area (Å²) < 4.78 is 6.37. The molecule has 0 aromatic heterocycles. The maximum Gasteiger partial charge on any atom is 0.120 e. The van der Waals surface area contributed by atoms with Crippen LogP contribution in [0.25, 0.3) is 0 Å². The molecular formula is C21H34O. The van der Waals surface area contributed by atoms with Crippen LogP contribution in [-0.2, 0) is 0 Å². The summed E-state index contributed by atoms with van der Waals surface area (Å²) in [4.78, 5) is 0. The van der Waals surface area contributed by atoms with Crippen LogP contribution in [-0.4, -0.2) is 5.60 Å². The van der Waals surface area contributed by atoms with Gasteiger partial charge in [0.1, 0.15) is 11.4 Å². The van der Waals surface area contributed by atoms with Crippen LogP contribution in [0.4, 0.5) is 0 Å². The van der Waals surface area contributed by atoms with Gasteiger partial charge in [-0.25, -0.2) is 0 Å². The minimum Gasteiger partial charge on any atom is -0.488 e. The van der Waals surface area contributed by atoms with Crippen LogP contribution in [0.15, 0.2) is 24.3 Å². The smallest absolute Gasteiger partial charge is 0.120 e. The summed E-state index contributed by atoms with van der Waals surface area (Å²) >= 11 is 0. The third-order valence-corrected chi connectivity index (χ3v) is 5.65. The Morgan fingerprint density at radius 3 is 2.36 bits per heavy atom. The van der Waals surface area contributed by atoms with Gasteiger partial charge in [0, 0.05) is 0 Å². The highest BCUT2D eigenvalue weighted by atomic mass is 16.5. The van der Waals surface area contributed by atoms with Gasteiger partial charge in [0.15, 0.2) is 0 Å². The van der Waals surface area contributed by atoms with Crippen LogP contribution in [0.5, 0.6) is 5.75 Å². The van der Waals surface area contributed by atoms with E-state index in [1.807, 2.05) is 0 Å². The standard InChI is InChI=1S/C21H34O/c1-6-8-16(3)18-10-13-20(14-11-18)22-21(4,5)19-12-9-17(7-2)15-19/h10-11,13-14,16-17,19H,6-9,12,15H2,1-5H3. The van der Waals surface area contributed by atoms with Crippen molar-refractivity contribution in [3.8, 4) is 5.75 Å². The van der Waals surface area contributed by atoms with E-state index in [4.69, 9.17) is 4.74 Å². The van der Waals surface area contributed by atoms with Crippen LogP contribution in [0, 0.1) is 11.8 Å². The van der Waals surface area contributed by atoms with E-state index in [0.717, 1.165) is 11.7 Å². The highest BCUT2D eigenvalue weighted by Crippen LogP contribution is 2.41. The fourth-order valence-electron chi connectivity index (χ4n) is 3.93. The number of hydrogen-bond donors (Lipinski definition) is 0. The van der Waals surface area contributed by atoms with Crippen molar-refractivity contribution in [2.24, 2.45) is 11.8 Å². The third-order valence-electron chi connectivity index (χ3n) is 5.65. The van der Waals surface area contributed by atoms with Crippen molar-refractivity contribution in [3.63, 3.8) is 0 Å². The molecule has 22 heavy (non-hydrogen) atoms. The minimum absolute atomic E-state index is 0.0551. The first kappa shape index (κ1) is 17.4. The summed E-state index contributed by atoms with van der Waals surface area (Å²) in [6.45, 7) is 11.4. The molecule has 1 aromatic rings. The molecule has 2 rings (SSSR count). The minimum atomic E-state index is -0.0551. The van der Waals surface area contributed by atoms with Crippen molar-refractivity contribution in [1.29, 1.82) is 0 Å². The van der Waals surface area contributed by atoms with E-state index in [1.54, 1.807) is 0 Å². The Labute approximate surface area is 137 Å². The van der Waals surface area contributed by atoms with Gasteiger partial charge in [-0.1, -0.05) is 52.2 Å². The number of benzene rings is 1. The van der Waals surface area contributed by atoms with Crippen LogP contribution in [0.1, 0.15) is 84.6 Å². The molecule has 0 heterocycles. The Bertz CT molecular complexity index is 445. The van der Waals surface area contributed by atoms with Gasteiger partial charge in [0.2, 0.25) is 0 Å². The number of rotatable bonds is 7. The first-order valence-corrected chi connectivity index (χ1v) is 9.25. The molecule has 0 spiro atoms. The lowest BCUT2D eigenvalue weighted by atomic mass is 9.88. The van der Waals surface area contributed by atoms with Crippen LogP contribution >= 0.6 is 0 Å². The van der Waals surface area contributed by atoms with Crippen molar-refractivity contribution in [3.05, 3.63) is 29.8 Å². The van der Waals surface area contributed by atoms with Crippen LogP contribution in [0.3, 0.4) is 0 Å². The Balaban J connectivity index is 1.97. The molecule has 1 aromatic carbocycles. The molecule has 1 aliphatic carbocycles. The molecule has 124 valence electrons. The Morgan fingerprint density at radius 1 is 1.14 bits per heavy atom. The molecule has 0 bridgehead atoms. The molecule has 1 aliphatic rings. The second kappa shape index (κ2) is 7.53. The summed E-state index contributed by atoms with van der Waals surface area (Å²) in [6, 6.07) is 8.81. The molecule has 0 radical (unpaired) electrons. The van der Waals surface area contributed by atoms with E-state index in [2.05, 4.69) is 58.9 Å². The normalized spacial score (nSPS) is 23.5. The average molecular weight is 303 g/mol. The predicted molar refractivity (Wildman–Crippen MR) is 95.6 cm³/mol. The summed E-state index contributed by atoms with van der Waals surface area (Å²) in [5.41, 5.74) is 1.37. The molecule has 0 aliphatic heterocycles. The van der Waals surface area contributed by atoms with E-state index in [9.17, 15) is 0 Å². The zero-order valence-corrected chi connectivity index (χ0v) is 15.2. The van der Waals surface area contributed by atoms with Gasteiger partial charge in [-0.05, 0) is 68.6 Å². The third kappa shape index (κ3) is 4.27. The molecule has 0 amide bonds. The molecule has 3 atom stereocenters. The van der Waals surface area contributed by atoms with Gasteiger partial charge < -0.3 is 4.74 Å². The maximum absolute atomic E-state index is 6.37. The summed E-state index contributed by atoms with van der Waals surface area (Å²) in [6.07, 6.45) is 7.84. The van der Waals surface area contributed by atoms with Crippen molar-refractivity contribution in [2.75, 3.05) is 0 Å². The highest BCUT2D eigenvalue weighted by Gasteiger charge is 2.37. The zero-order valence-electron chi connectivity index (χ0n) is 15.2. The molecule has 0 N–H and O–H groups in total. The van der Waals surface area contributed by atoms with Crippen LogP contribution in [0.2, 0.25) is 0 Å². The second-order valence-electron chi connectivity index (χ2n) is 7.75. The summed E-state index contributed by atoms with van der Waals surface area (Å²) in [5.74, 6) is 3.27. The molecule has 3 unspecified atom stereocenters. The SMILES string of the molecule is CCCC(C)c1ccc(OC(C)(C)C2CCC(CC)C2)cc1. The monoisotopic (exact) mass is 302 g/mol. The van der Waals surface area contributed by atoms with Crippen molar-refractivity contribution < 1.29 is 4.74 Å². The molecule has 1 heteroatoms. The number of hydrogen-bond acceptors (Lipinski definition) is 1. The maximum atomic E-state index is 6.37.